The van der Waals surface area contributed by atoms with E-state index in [1.165, 1.54) is 0 Å². The minimum absolute atomic E-state index is 0.274. The van der Waals surface area contributed by atoms with Crippen LogP contribution in [0.2, 0.25) is 0 Å². The van der Waals surface area contributed by atoms with Gasteiger partial charge in [-0.1, -0.05) is 13.8 Å². The minimum atomic E-state index is 0.274. The van der Waals surface area contributed by atoms with Gasteiger partial charge in [-0.2, -0.15) is 0 Å². The van der Waals surface area contributed by atoms with Gasteiger partial charge < -0.3 is 15.0 Å². The lowest BCUT2D eigenvalue weighted by Crippen LogP contribution is -2.22. The van der Waals surface area contributed by atoms with E-state index in [4.69, 9.17) is 15.5 Å². The fraction of sp³-hybridized carbons (Fsp3) is 0.562. The smallest absolute Gasteiger partial charge is 0.121 e. The van der Waals surface area contributed by atoms with Gasteiger partial charge in [0.25, 0.3) is 0 Å². The van der Waals surface area contributed by atoms with Crippen molar-refractivity contribution in [3.05, 3.63) is 24.0 Å². The lowest BCUT2D eigenvalue weighted by molar-refractivity contribution is 0.415. The minimum Gasteiger partial charge on any atom is -0.497 e. The molecule has 0 saturated carbocycles. The molecule has 0 spiro atoms. The van der Waals surface area contributed by atoms with Crippen LogP contribution in [-0.4, -0.2) is 23.2 Å². The zero-order valence-electron chi connectivity index (χ0n) is 13.1. The first-order chi connectivity index (χ1) is 9.49. The molecule has 4 heteroatoms. The first-order valence-corrected chi connectivity index (χ1v) is 7.25. The standard InChI is InChI=1S/C16H25N3O/c1-10(2)13(9-17)16-18-14-8-12(20-5)6-7-15(14)19(16)11(3)4/h6-8,10-11,13H,9,17H2,1-5H3. The first-order valence-electron chi connectivity index (χ1n) is 7.25. The maximum atomic E-state index is 5.97. The monoisotopic (exact) mass is 275 g/mol. The number of nitrogens with zero attached hydrogens (tertiary/aromatic N) is 2. The molecule has 0 aliphatic heterocycles. The van der Waals surface area contributed by atoms with Crippen LogP contribution < -0.4 is 10.5 Å². The van der Waals surface area contributed by atoms with Crippen LogP contribution in [-0.2, 0) is 0 Å². The Morgan fingerprint density at radius 3 is 2.45 bits per heavy atom. The fourth-order valence-electron chi connectivity index (χ4n) is 2.70. The van der Waals surface area contributed by atoms with E-state index >= 15 is 0 Å². The molecule has 0 radical (unpaired) electrons. The van der Waals surface area contributed by atoms with Crippen molar-refractivity contribution in [1.82, 2.24) is 9.55 Å². The quantitative estimate of drug-likeness (QED) is 0.910. The van der Waals surface area contributed by atoms with Gasteiger partial charge in [0.15, 0.2) is 0 Å². The van der Waals surface area contributed by atoms with Gasteiger partial charge in [0, 0.05) is 24.6 Å². The summed E-state index contributed by atoms with van der Waals surface area (Å²) in [6.45, 7) is 9.38. The van der Waals surface area contributed by atoms with E-state index in [1.807, 2.05) is 12.1 Å². The summed E-state index contributed by atoms with van der Waals surface area (Å²) < 4.78 is 7.59. The predicted octanol–water partition coefficient (Wildman–Crippen LogP) is 3.32. The molecule has 0 bridgehead atoms. The number of imidazole rings is 1. The molecule has 1 heterocycles. The van der Waals surface area contributed by atoms with E-state index in [1.54, 1.807) is 7.11 Å². The van der Waals surface area contributed by atoms with Crippen molar-refractivity contribution in [2.24, 2.45) is 11.7 Å². The summed E-state index contributed by atoms with van der Waals surface area (Å²) in [5.74, 6) is 2.67. The van der Waals surface area contributed by atoms with Crippen LogP contribution in [0.15, 0.2) is 18.2 Å². The first kappa shape index (κ1) is 14.9. The average molecular weight is 275 g/mol. The molecule has 0 fully saturated rings. The molecule has 1 aromatic carbocycles. The number of aromatic nitrogens is 2. The highest BCUT2D eigenvalue weighted by Gasteiger charge is 2.23. The SMILES string of the molecule is COc1ccc2c(c1)nc(C(CN)C(C)C)n2C(C)C. The molecule has 0 saturated heterocycles. The van der Waals surface area contributed by atoms with E-state index in [0.717, 1.165) is 22.6 Å². The fourth-order valence-corrected chi connectivity index (χ4v) is 2.70. The molecular formula is C16H25N3O. The molecule has 1 aromatic heterocycles. The Bertz CT molecular complexity index is 587. The molecular weight excluding hydrogens is 250 g/mol. The van der Waals surface area contributed by atoms with Gasteiger partial charge in [-0.15, -0.1) is 0 Å². The summed E-state index contributed by atoms with van der Waals surface area (Å²) in [5, 5.41) is 0. The number of ether oxygens (including phenoxy) is 1. The third-order valence-corrected chi connectivity index (χ3v) is 3.83. The third-order valence-electron chi connectivity index (χ3n) is 3.83. The maximum Gasteiger partial charge on any atom is 0.121 e. The highest BCUT2D eigenvalue weighted by atomic mass is 16.5. The molecule has 1 atom stereocenters. The molecule has 110 valence electrons. The van der Waals surface area contributed by atoms with E-state index < -0.39 is 0 Å². The molecule has 2 N–H and O–H groups in total. The number of methoxy groups -OCH3 is 1. The second kappa shape index (κ2) is 5.83. The summed E-state index contributed by atoms with van der Waals surface area (Å²) in [6.07, 6.45) is 0. The van der Waals surface area contributed by atoms with Crippen molar-refractivity contribution in [3.8, 4) is 5.75 Å². The van der Waals surface area contributed by atoms with E-state index in [2.05, 4.69) is 38.3 Å². The van der Waals surface area contributed by atoms with Crippen LogP contribution in [0.3, 0.4) is 0 Å². The molecule has 2 rings (SSSR count). The Labute approximate surface area is 120 Å². The van der Waals surface area contributed by atoms with Crippen LogP contribution in [0, 0.1) is 5.92 Å². The zero-order chi connectivity index (χ0) is 14.9. The Morgan fingerprint density at radius 2 is 1.95 bits per heavy atom. The predicted molar refractivity (Wildman–Crippen MR) is 83.3 cm³/mol. The number of fused-ring (bicyclic) bond motifs is 1. The number of rotatable bonds is 5. The lowest BCUT2D eigenvalue weighted by atomic mass is 9.95. The van der Waals surface area contributed by atoms with Crippen LogP contribution in [0.4, 0.5) is 0 Å². The van der Waals surface area contributed by atoms with Gasteiger partial charge in [0.05, 0.1) is 18.1 Å². The topological polar surface area (TPSA) is 53.1 Å². The second-order valence-electron chi connectivity index (χ2n) is 5.87. The number of nitrogens with two attached hydrogens (primary N) is 1. The Morgan fingerprint density at radius 1 is 1.25 bits per heavy atom. The molecule has 0 aliphatic carbocycles. The molecule has 0 aliphatic rings. The second-order valence-corrected chi connectivity index (χ2v) is 5.87. The van der Waals surface area contributed by atoms with E-state index in [-0.39, 0.29) is 5.92 Å². The normalized spacial score (nSPS) is 13.4. The van der Waals surface area contributed by atoms with Crippen LogP contribution in [0.1, 0.15) is 45.5 Å². The van der Waals surface area contributed by atoms with Gasteiger partial charge in [0.1, 0.15) is 11.6 Å². The van der Waals surface area contributed by atoms with Gasteiger partial charge in [0.2, 0.25) is 0 Å². The Hall–Kier alpha value is -1.55. The Balaban J connectivity index is 2.66. The summed E-state index contributed by atoms with van der Waals surface area (Å²) in [6, 6.07) is 6.42. The van der Waals surface area contributed by atoms with Crippen LogP contribution in [0.5, 0.6) is 5.75 Å². The highest BCUT2D eigenvalue weighted by Crippen LogP contribution is 2.31. The van der Waals surface area contributed by atoms with E-state index in [9.17, 15) is 0 Å². The molecule has 1 unspecified atom stereocenters. The largest absolute Gasteiger partial charge is 0.497 e. The van der Waals surface area contributed by atoms with Gasteiger partial charge >= 0.3 is 0 Å². The summed E-state index contributed by atoms with van der Waals surface area (Å²) >= 11 is 0. The number of hydrogen-bond donors (Lipinski definition) is 1. The molecule has 20 heavy (non-hydrogen) atoms. The van der Waals surface area contributed by atoms with Crippen molar-refractivity contribution >= 4 is 11.0 Å². The molecule has 2 aromatic rings. The molecule has 4 nitrogen and oxygen atoms in total. The van der Waals surface area contributed by atoms with Gasteiger partial charge in [-0.05, 0) is 31.9 Å². The lowest BCUT2D eigenvalue weighted by Gasteiger charge is -2.22. The van der Waals surface area contributed by atoms with Gasteiger partial charge in [-0.3, -0.25) is 0 Å². The zero-order valence-corrected chi connectivity index (χ0v) is 13.1. The van der Waals surface area contributed by atoms with Crippen molar-refractivity contribution in [3.63, 3.8) is 0 Å². The number of benzene rings is 1. The maximum absolute atomic E-state index is 5.97. The van der Waals surface area contributed by atoms with Crippen molar-refractivity contribution in [2.75, 3.05) is 13.7 Å². The summed E-state index contributed by atoms with van der Waals surface area (Å²) in [4.78, 5) is 4.84. The van der Waals surface area contributed by atoms with E-state index in [0.29, 0.717) is 18.5 Å². The van der Waals surface area contributed by atoms with Crippen molar-refractivity contribution in [2.45, 2.75) is 39.7 Å². The average Bonchev–Trinajstić information content (AvgIpc) is 2.76. The summed E-state index contributed by atoms with van der Waals surface area (Å²) in [7, 11) is 1.68. The van der Waals surface area contributed by atoms with Crippen LogP contribution in [0.25, 0.3) is 11.0 Å². The molecule has 0 amide bonds. The summed E-state index contributed by atoms with van der Waals surface area (Å²) in [5.41, 5.74) is 8.10. The highest BCUT2D eigenvalue weighted by molar-refractivity contribution is 5.78. The number of hydrogen-bond acceptors (Lipinski definition) is 3. The van der Waals surface area contributed by atoms with Gasteiger partial charge in [-0.25, -0.2) is 4.98 Å². The van der Waals surface area contributed by atoms with Crippen molar-refractivity contribution < 1.29 is 4.74 Å². The Kier molecular flexibility index (Phi) is 4.33. The van der Waals surface area contributed by atoms with Crippen molar-refractivity contribution in [1.29, 1.82) is 0 Å². The van der Waals surface area contributed by atoms with Crippen LogP contribution >= 0.6 is 0 Å². The third kappa shape index (κ3) is 2.52.